The van der Waals surface area contributed by atoms with Gasteiger partial charge in [0.2, 0.25) is 0 Å². The Morgan fingerprint density at radius 3 is 2.81 bits per heavy atom. The SMILES string of the molecule is COc1ccccc1S(=O)CC(N)CCO. The number of aliphatic hydroxyl groups excluding tert-OH is 1. The lowest BCUT2D eigenvalue weighted by Crippen LogP contribution is -2.28. The number of hydrogen-bond acceptors (Lipinski definition) is 4. The monoisotopic (exact) mass is 243 g/mol. The summed E-state index contributed by atoms with van der Waals surface area (Å²) in [5.41, 5.74) is 5.72. The van der Waals surface area contributed by atoms with Crippen molar-refractivity contribution in [3.8, 4) is 5.75 Å². The van der Waals surface area contributed by atoms with Gasteiger partial charge < -0.3 is 15.6 Å². The number of hydrogen-bond donors (Lipinski definition) is 2. The van der Waals surface area contributed by atoms with E-state index in [0.29, 0.717) is 22.8 Å². The van der Waals surface area contributed by atoms with Crippen LogP contribution in [0, 0.1) is 0 Å². The second-order valence-electron chi connectivity index (χ2n) is 3.44. The highest BCUT2D eigenvalue weighted by molar-refractivity contribution is 7.85. The highest BCUT2D eigenvalue weighted by atomic mass is 32.2. The van der Waals surface area contributed by atoms with Gasteiger partial charge in [0.1, 0.15) is 5.75 Å². The van der Waals surface area contributed by atoms with Crippen molar-refractivity contribution in [3.05, 3.63) is 24.3 Å². The Kier molecular flexibility index (Phi) is 5.45. The lowest BCUT2D eigenvalue weighted by molar-refractivity contribution is 0.279. The van der Waals surface area contributed by atoms with Crippen LogP contribution in [0.15, 0.2) is 29.2 Å². The van der Waals surface area contributed by atoms with Crippen LogP contribution in [-0.2, 0) is 10.8 Å². The lowest BCUT2D eigenvalue weighted by Gasteiger charge is -2.11. The van der Waals surface area contributed by atoms with E-state index in [4.69, 9.17) is 15.6 Å². The molecule has 0 radical (unpaired) electrons. The second-order valence-corrected chi connectivity index (χ2v) is 4.90. The van der Waals surface area contributed by atoms with Crippen molar-refractivity contribution in [1.82, 2.24) is 0 Å². The number of methoxy groups -OCH3 is 1. The molecular weight excluding hydrogens is 226 g/mol. The molecule has 0 bridgehead atoms. The summed E-state index contributed by atoms with van der Waals surface area (Å²) in [5, 5.41) is 8.72. The summed E-state index contributed by atoms with van der Waals surface area (Å²) in [6.45, 7) is 0.0181. The molecule has 0 saturated carbocycles. The van der Waals surface area contributed by atoms with Gasteiger partial charge in [-0.3, -0.25) is 4.21 Å². The van der Waals surface area contributed by atoms with Gasteiger partial charge in [-0.1, -0.05) is 12.1 Å². The average Bonchev–Trinajstić information content (AvgIpc) is 2.29. The molecule has 0 fully saturated rings. The van der Waals surface area contributed by atoms with Gasteiger partial charge in [0, 0.05) is 18.4 Å². The first-order chi connectivity index (χ1) is 7.69. The Hall–Kier alpha value is -0.910. The van der Waals surface area contributed by atoms with Crippen molar-refractivity contribution in [3.63, 3.8) is 0 Å². The minimum Gasteiger partial charge on any atom is -0.495 e. The van der Waals surface area contributed by atoms with Gasteiger partial charge >= 0.3 is 0 Å². The largest absolute Gasteiger partial charge is 0.495 e. The summed E-state index contributed by atoms with van der Waals surface area (Å²) in [7, 11) is 0.358. The van der Waals surface area contributed by atoms with E-state index in [1.54, 1.807) is 19.2 Å². The maximum Gasteiger partial charge on any atom is 0.134 e. The van der Waals surface area contributed by atoms with Gasteiger partial charge in [-0.05, 0) is 18.6 Å². The van der Waals surface area contributed by atoms with Crippen LogP contribution in [0.4, 0.5) is 0 Å². The maximum absolute atomic E-state index is 12.0. The topological polar surface area (TPSA) is 72.5 Å². The molecule has 0 heterocycles. The molecule has 90 valence electrons. The molecule has 0 aromatic heterocycles. The normalized spacial score (nSPS) is 14.4. The molecule has 0 amide bonds. The molecule has 4 nitrogen and oxygen atoms in total. The van der Waals surface area contributed by atoms with E-state index in [1.807, 2.05) is 12.1 Å². The average molecular weight is 243 g/mol. The molecule has 16 heavy (non-hydrogen) atoms. The molecule has 2 atom stereocenters. The van der Waals surface area contributed by atoms with Crippen molar-refractivity contribution >= 4 is 10.8 Å². The predicted octanol–water partition coefficient (Wildman–Crippen LogP) is 0.513. The molecule has 3 N–H and O–H groups in total. The fraction of sp³-hybridized carbons (Fsp3) is 0.455. The number of benzene rings is 1. The van der Waals surface area contributed by atoms with Crippen LogP contribution in [0.1, 0.15) is 6.42 Å². The molecule has 1 aromatic rings. The van der Waals surface area contributed by atoms with Crippen LogP contribution in [0.25, 0.3) is 0 Å². The molecule has 0 saturated heterocycles. The van der Waals surface area contributed by atoms with Crippen molar-refractivity contribution in [1.29, 1.82) is 0 Å². The summed E-state index contributed by atoms with van der Waals surface area (Å²) in [6.07, 6.45) is 0.459. The smallest absolute Gasteiger partial charge is 0.134 e. The number of para-hydroxylation sites is 1. The maximum atomic E-state index is 12.0. The summed E-state index contributed by atoms with van der Waals surface area (Å²) in [5.74, 6) is 0.943. The van der Waals surface area contributed by atoms with Gasteiger partial charge in [0.05, 0.1) is 22.8 Å². The number of rotatable bonds is 6. The Balaban J connectivity index is 2.72. The summed E-state index contributed by atoms with van der Waals surface area (Å²) in [4.78, 5) is 0.651. The number of nitrogens with two attached hydrogens (primary N) is 1. The first-order valence-corrected chi connectivity index (χ1v) is 6.38. The molecule has 5 heteroatoms. The lowest BCUT2D eigenvalue weighted by atomic mass is 10.3. The van der Waals surface area contributed by atoms with Crippen LogP contribution in [-0.4, -0.2) is 34.8 Å². The van der Waals surface area contributed by atoms with Gasteiger partial charge in [-0.2, -0.15) is 0 Å². The second kappa shape index (κ2) is 6.62. The molecule has 0 spiro atoms. The van der Waals surface area contributed by atoms with E-state index in [-0.39, 0.29) is 12.6 Å². The highest BCUT2D eigenvalue weighted by Gasteiger charge is 2.13. The molecule has 1 aromatic carbocycles. The Morgan fingerprint density at radius 1 is 1.50 bits per heavy atom. The molecular formula is C11H17NO3S. The third kappa shape index (κ3) is 3.59. The Morgan fingerprint density at radius 2 is 2.19 bits per heavy atom. The van der Waals surface area contributed by atoms with Gasteiger partial charge in [0.15, 0.2) is 0 Å². The first kappa shape index (κ1) is 13.2. The van der Waals surface area contributed by atoms with Gasteiger partial charge in [-0.25, -0.2) is 0 Å². The van der Waals surface area contributed by atoms with Crippen LogP contribution >= 0.6 is 0 Å². The Labute approximate surface area is 97.9 Å². The van der Waals surface area contributed by atoms with E-state index in [2.05, 4.69) is 0 Å². The standard InChI is InChI=1S/C11H17NO3S/c1-15-10-4-2-3-5-11(10)16(14)8-9(12)6-7-13/h2-5,9,13H,6-8,12H2,1H3. The summed E-state index contributed by atoms with van der Waals surface area (Å²) < 4.78 is 17.1. The van der Waals surface area contributed by atoms with E-state index in [1.165, 1.54) is 0 Å². The van der Waals surface area contributed by atoms with Crippen molar-refractivity contribution in [2.75, 3.05) is 19.5 Å². The summed E-state index contributed by atoms with van der Waals surface area (Å²) in [6, 6.07) is 6.92. The summed E-state index contributed by atoms with van der Waals surface area (Å²) >= 11 is 0. The highest BCUT2D eigenvalue weighted by Crippen LogP contribution is 2.21. The molecule has 0 aliphatic carbocycles. The van der Waals surface area contributed by atoms with Crippen LogP contribution in [0.3, 0.4) is 0 Å². The number of aliphatic hydroxyl groups is 1. The molecule has 0 aliphatic rings. The van der Waals surface area contributed by atoms with Crippen molar-refractivity contribution in [2.24, 2.45) is 5.73 Å². The van der Waals surface area contributed by atoms with Gasteiger partial charge in [0.25, 0.3) is 0 Å². The molecule has 2 unspecified atom stereocenters. The predicted molar refractivity (Wildman–Crippen MR) is 63.9 cm³/mol. The van der Waals surface area contributed by atoms with Crippen LogP contribution in [0.5, 0.6) is 5.75 Å². The van der Waals surface area contributed by atoms with Crippen LogP contribution < -0.4 is 10.5 Å². The Bertz CT molecular complexity index is 357. The van der Waals surface area contributed by atoms with Crippen molar-refractivity contribution < 1.29 is 14.1 Å². The molecule has 1 rings (SSSR count). The first-order valence-electron chi connectivity index (χ1n) is 5.07. The van der Waals surface area contributed by atoms with E-state index >= 15 is 0 Å². The van der Waals surface area contributed by atoms with E-state index in [0.717, 1.165) is 0 Å². The van der Waals surface area contributed by atoms with Crippen LogP contribution in [0.2, 0.25) is 0 Å². The zero-order chi connectivity index (χ0) is 12.0. The fourth-order valence-electron chi connectivity index (χ4n) is 1.34. The third-order valence-corrected chi connectivity index (χ3v) is 3.74. The van der Waals surface area contributed by atoms with E-state index in [9.17, 15) is 4.21 Å². The van der Waals surface area contributed by atoms with Gasteiger partial charge in [-0.15, -0.1) is 0 Å². The minimum atomic E-state index is -1.19. The van der Waals surface area contributed by atoms with Crippen molar-refractivity contribution in [2.45, 2.75) is 17.4 Å². The fourth-order valence-corrected chi connectivity index (χ4v) is 2.68. The third-order valence-electron chi connectivity index (χ3n) is 2.18. The number of ether oxygens (including phenoxy) is 1. The minimum absolute atomic E-state index is 0.0181. The zero-order valence-electron chi connectivity index (χ0n) is 9.26. The van der Waals surface area contributed by atoms with E-state index < -0.39 is 10.8 Å². The quantitative estimate of drug-likeness (QED) is 0.763. The molecule has 0 aliphatic heterocycles. The zero-order valence-corrected chi connectivity index (χ0v) is 10.1.